The summed E-state index contributed by atoms with van der Waals surface area (Å²) in [6, 6.07) is 1.58. The van der Waals surface area contributed by atoms with Gasteiger partial charge in [0.25, 0.3) is 0 Å². The maximum atomic E-state index is 11.7. The van der Waals surface area contributed by atoms with E-state index < -0.39 is 11.3 Å². The molecule has 1 fully saturated rings. The number of nitrogens with zero attached hydrogens (tertiary/aromatic N) is 2. The van der Waals surface area contributed by atoms with E-state index in [9.17, 15) is 14.7 Å². The van der Waals surface area contributed by atoms with Crippen molar-refractivity contribution in [3.63, 3.8) is 0 Å². The minimum absolute atomic E-state index is 0.0980. The smallest absolute Gasteiger partial charge is 0.347 e. The maximum absolute atomic E-state index is 11.7. The number of ether oxygens (including phenoxy) is 1. The fourth-order valence-corrected chi connectivity index (χ4v) is 1.91. The van der Waals surface area contributed by atoms with E-state index in [1.165, 1.54) is 17.0 Å². The Labute approximate surface area is 110 Å². The summed E-state index contributed by atoms with van der Waals surface area (Å²) in [5.41, 5.74) is -1.38. The number of hydrogen-bond donors (Lipinski definition) is 2. The van der Waals surface area contributed by atoms with Crippen molar-refractivity contribution in [2.75, 3.05) is 19.8 Å². The minimum Gasteiger partial charge on any atom is -0.388 e. The molecule has 0 bridgehead atoms. The first-order valence-electron chi connectivity index (χ1n) is 6.17. The number of carbonyl (C=O) groups excluding carboxylic acids is 1. The van der Waals surface area contributed by atoms with Crippen molar-refractivity contribution in [1.29, 1.82) is 0 Å². The normalized spacial score (nSPS) is 17.9. The Bertz CT molecular complexity index is 494. The molecule has 2 heterocycles. The highest BCUT2D eigenvalue weighted by Gasteiger charge is 2.30. The van der Waals surface area contributed by atoms with Gasteiger partial charge in [0.05, 0.1) is 5.60 Å². The third-order valence-electron chi connectivity index (χ3n) is 3.13. The standard InChI is InChI=1S/C12H17N3O4/c16-10(8-15-5-1-4-13-11(15)17)14-9-12(18)2-6-19-7-3-12/h1,4-5,18H,2-3,6-9H2,(H,14,16). The number of carbonyl (C=O) groups is 1. The molecule has 2 rings (SSSR count). The monoisotopic (exact) mass is 267 g/mol. The van der Waals surface area contributed by atoms with Crippen molar-refractivity contribution in [3.05, 3.63) is 28.9 Å². The van der Waals surface area contributed by atoms with Crippen LogP contribution in [0.3, 0.4) is 0 Å². The lowest BCUT2D eigenvalue weighted by Gasteiger charge is -2.32. The topological polar surface area (TPSA) is 93.5 Å². The van der Waals surface area contributed by atoms with Crippen LogP contribution in [0.15, 0.2) is 23.3 Å². The average Bonchev–Trinajstić information content (AvgIpc) is 2.40. The fraction of sp³-hybridized carbons (Fsp3) is 0.583. The van der Waals surface area contributed by atoms with Crippen LogP contribution >= 0.6 is 0 Å². The van der Waals surface area contributed by atoms with Gasteiger partial charge >= 0.3 is 5.69 Å². The number of hydrogen-bond acceptors (Lipinski definition) is 5. The zero-order valence-electron chi connectivity index (χ0n) is 10.5. The first-order valence-corrected chi connectivity index (χ1v) is 6.17. The molecule has 0 radical (unpaired) electrons. The van der Waals surface area contributed by atoms with Crippen LogP contribution in [-0.4, -0.2) is 45.9 Å². The third-order valence-corrected chi connectivity index (χ3v) is 3.13. The molecule has 0 aliphatic carbocycles. The van der Waals surface area contributed by atoms with Gasteiger partial charge in [0.15, 0.2) is 0 Å². The van der Waals surface area contributed by atoms with Gasteiger partial charge in [0.1, 0.15) is 6.54 Å². The fourth-order valence-electron chi connectivity index (χ4n) is 1.91. The molecule has 0 unspecified atom stereocenters. The van der Waals surface area contributed by atoms with E-state index in [0.29, 0.717) is 26.1 Å². The molecule has 0 saturated carbocycles. The van der Waals surface area contributed by atoms with Gasteiger partial charge in [-0.25, -0.2) is 9.78 Å². The summed E-state index contributed by atoms with van der Waals surface area (Å²) in [7, 11) is 0. The molecule has 1 saturated heterocycles. The molecule has 0 spiro atoms. The van der Waals surface area contributed by atoms with Gasteiger partial charge in [-0.2, -0.15) is 0 Å². The lowest BCUT2D eigenvalue weighted by molar-refractivity contribution is -0.124. The largest absolute Gasteiger partial charge is 0.388 e. The average molecular weight is 267 g/mol. The molecule has 1 amide bonds. The third kappa shape index (κ3) is 3.87. The van der Waals surface area contributed by atoms with Gasteiger partial charge in [0.2, 0.25) is 5.91 Å². The van der Waals surface area contributed by atoms with Crippen molar-refractivity contribution < 1.29 is 14.6 Å². The molecule has 1 aliphatic rings. The van der Waals surface area contributed by atoms with Gasteiger partial charge in [-0.1, -0.05) is 0 Å². The Morgan fingerprint density at radius 2 is 2.26 bits per heavy atom. The summed E-state index contributed by atoms with van der Waals surface area (Å²) in [4.78, 5) is 26.6. The van der Waals surface area contributed by atoms with E-state index in [1.807, 2.05) is 0 Å². The Hall–Kier alpha value is -1.73. The lowest BCUT2D eigenvalue weighted by Crippen LogP contribution is -2.47. The van der Waals surface area contributed by atoms with Crippen LogP contribution in [0, 0.1) is 0 Å². The molecule has 1 aromatic rings. The Balaban J connectivity index is 1.85. The summed E-state index contributed by atoms with van der Waals surface area (Å²) in [6.07, 6.45) is 3.87. The second-order valence-corrected chi connectivity index (χ2v) is 4.64. The lowest BCUT2D eigenvalue weighted by atomic mass is 9.94. The van der Waals surface area contributed by atoms with E-state index >= 15 is 0 Å². The van der Waals surface area contributed by atoms with Crippen LogP contribution in [0.25, 0.3) is 0 Å². The van der Waals surface area contributed by atoms with Crippen LogP contribution in [0.1, 0.15) is 12.8 Å². The molecule has 1 aromatic heterocycles. The predicted octanol–water partition coefficient (Wildman–Crippen LogP) is -1.10. The van der Waals surface area contributed by atoms with Crippen LogP contribution in [0.2, 0.25) is 0 Å². The van der Waals surface area contributed by atoms with Crippen molar-refractivity contribution in [2.24, 2.45) is 0 Å². The summed E-state index contributed by atoms with van der Waals surface area (Å²) in [5, 5.41) is 12.8. The minimum atomic E-state index is -0.909. The van der Waals surface area contributed by atoms with E-state index in [1.54, 1.807) is 6.07 Å². The van der Waals surface area contributed by atoms with Crippen molar-refractivity contribution in [2.45, 2.75) is 25.0 Å². The molecule has 7 heteroatoms. The van der Waals surface area contributed by atoms with Gasteiger partial charge in [-0.05, 0) is 6.07 Å². The van der Waals surface area contributed by atoms with Crippen LogP contribution < -0.4 is 11.0 Å². The summed E-state index contributed by atoms with van der Waals surface area (Å²) in [5.74, 6) is -0.324. The molecule has 104 valence electrons. The summed E-state index contributed by atoms with van der Waals surface area (Å²) in [6.45, 7) is 1.06. The van der Waals surface area contributed by atoms with Gasteiger partial charge in [-0.15, -0.1) is 0 Å². The van der Waals surface area contributed by atoms with Gasteiger partial charge in [0, 0.05) is 45.0 Å². The van der Waals surface area contributed by atoms with Gasteiger partial charge in [-0.3, -0.25) is 9.36 Å². The number of nitrogens with one attached hydrogen (secondary N) is 1. The van der Waals surface area contributed by atoms with Crippen molar-refractivity contribution in [3.8, 4) is 0 Å². The van der Waals surface area contributed by atoms with E-state index in [0.717, 1.165) is 0 Å². The molecule has 19 heavy (non-hydrogen) atoms. The first kappa shape index (κ1) is 13.7. The molecule has 0 aromatic carbocycles. The number of aromatic nitrogens is 2. The Morgan fingerprint density at radius 3 is 2.95 bits per heavy atom. The Morgan fingerprint density at radius 1 is 1.53 bits per heavy atom. The predicted molar refractivity (Wildman–Crippen MR) is 66.5 cm³/mol. The Kier molecular flexibility index (Phi) is 4.28. The zero-order valence-corrected chi connectivity index (χ0v) is 10.5. The van der Waals surface area contributed by atoms with Crippen molar-refractivity contribution >= 4 is 5.91 Å². The number of rotatable bonds is 4. The van der Waals surface area contributed by atoms with Gasteiger partial charge < -0.3 is 15.2 Å². The highest BCUT2D eigenvalue weighted by molar-refractivity contribution is 5.75. The number of aliphatic hydroxyl groups is 1. The molecule has 1 aliphatic heterocycles. The molecule has 2 N–H and O–H groups in total. The maximum Gasteiger partial charge on any atom is 0.347 e. The van der Waals surface area contributed by atoms with Crippen molar-refractivity contribution in [1.82, 2.24) is 14.9 Å². The quantitative estimate of drug-likeness (QED) is 0.722. The second kappa shape index (κ2) is 5.94. The van der Waals surface area contributed by atoms with Crippen LogP contribution in [0.5, 0.6) is 0 Å². The first-order chi connectivity index (χ1) is 9.09. The molecular weight excluding hydrogens is 250 g/mol. The summed E-state index contributed by atoms with van der Waals surface area (Å²) >= 11 is 0. The molecular formula is C12H17N3O4. The zero-order chi connectivity index (χ0) is 13.7. The van der Waals surface area contributed by atoms with E-state index in [2.05, 4.69) is 10.3 Å². The highest BCUT2D eigenvalue weighted by Crippen LogP contribution is 2.19. The number of amides is 1. The molecule has 0 atom stereocenters. The van der Waals surface area contributed by atoms with E-state index in [4.69, 9.17) is 4.74 Å². The van der Waals surface area contributed by atoms with E-state index in [-0.39, 0.29) is 19.0 Å². The van der Waals surface area contributed by atoms with Crippen LogP contribution in [-0.2, 0) is 16.1 Å². The highest BCUT2D eigenvalue weighted by atomic mass is 16.5. The molecule has 7 nitrogen and oxygen atoms in total. The SMILES string of the molecule is O=C(Cn1cccnc1=O)NCC1(O)CCOCC1. The summed E-state index contributed by atoms with van der Waals surface area (Å²) < 4.78 is 6.37. The van der Waals surface area contributed by atoms with Crippen LogP contribution in [0.4, 0.5) is 0 Å². The second-order valence-electron chi connectivity index (χ2n) is 4.64.